The van der Waals surface area contributed by atoms with Crippen molar-refractivity contribution in [3.05, 3.63) is 71.5 Å². The molecule has 1 aliphatic rings. The third-order valence-electron chi connectivity index (χ3n) is 5.64. The summed E-state index contributed by atoms with van der Waals surface area (Å²) >= 11 is 0. The molecule has 1 aromatic heterocycles. The average Bonchev–Trinajstić information content (AvgIpc) is 2.80. The van der Waals surface area contributed by atoms with Crippen molar-refractivity contribution in [2.24, 2.45) is 0 Å². The van der Waals surface area contributed by atoms with E-state index in [4.69, 9.17) is 4.74 Å². The molecule has 7 nitrogen and oxygen atoms in total. The van der Waals surface area contributed by atoms with Crippen molar-refractivity contribution >= 4 is 23.2 Å². The van der Waals surface area contributed by atoms with E-state index in [2.05, 4.69) is 39.2 Å². The Balaban J connectivity index is 1.39. The highest BCUT2D eigenvalue weighted by Crippen LogP contribution is 2.22. The van der Waals surface area contributed by atoms with Crippen molar-refractivity contribution in [1.82, 2.24) is 14.9 Å². The number of nitrogens with zero attached hydrogens (tertiary/aromatic N) is 4. The molecule has 0 radical (unpaired) electrons. The van der Waals surface area contributed by atoms with Crippen LogP contribution in [-0.2, 0) is 11.2 Å². The Labute approximate surface area is 189 Å². The molecular formula is C25H29N5O2. The minimum atomic E-state index is 0.120. The maximum Gasteiger partial charge on any atom is 0.227 e. The van der Waals surface area contributed by atoms with E-state index in [-0.39, 0.29) is 5.91 Å². The van der Waals surface area contributed by atoms with Crippen LogP contribution in [0, 0.1) is 13.8 Å². The Morgan fingerprint density at radius 2 is 1.72 bits per heavy atom. The van der Waals surface area contributed by atoms with Crippen LogP contribution in [0.5, 0.6) is 5.75 Å². The van der Waals surface area contributed by atoms with Crippen LogP contribution in [0.4, 0.5) is 17.3 Å². The number of carbonyl (C=O) groups is 1. The summed E-state index contributed by atoms with van der Waals surface area (Å²) in [4.78, 5) is 26.1. The highest BCUT2D eigenvalue weighted by molar-refractivity contribution is 5.80. The molecular weight excluding hydrogens is 402 g/mol. The first-order valence-electron chi connectivity index (χ1n) is 10.9. The number of amides is 1. The highest BCUT2D eigenvalue weighted by atomic mass is 16.5. The van der Waals surface area contributed by atoms with E-state index in [1.807, 2.05) is 54.3 Å². The van der Waals surface area contributed by atoms with Gasteiger partial charge in [-0.15, -0.1) is 0 Å². The zero-order valence-corrected chi connectivity index (χ0v) is 18.8. The number of benzene rings is 2. The predicted molar refractivity (Wildman–Crippen MR) is 127 cm³/mol. The standard InChI is InChI=1S/C25H29N5O2/c1-18-8-10-21(11-9-18)28-23-17-24(27-19(2)26-23)29-12-14-30(15-13-29)25(31)16-20-6-4-5-7-22(20)32-3/h4-11,17H,12-16H2,1-3H3,(H,26,27,28). The molecule has 0 unspecified atom stereocenters. The van der Waals surface area contributed by atoms with Crippen LogP contribution in [0.1, 0.15) is 17.0 Å². The first-order valence-corrected chi connectivity index (χ1v) is 10.9. The predicted octanol–water partition coefficient (Wildman–Crippen LogP) is 3.74. The van der Waals surface area contributed by atoms with Gasteiger partial charge in [0.15, 0.2) is 0 Å². The van der Waals surface area contributed by atoms with Crippen LogP contribution in [0.25, 0.3) is 0 Å². The van der Waals surface area contributed by atoms with Gasteiger partial charge in [-0.25, -0.2) is 9.97 Å². The lowest BCUT2D eigenvalue weighted by atomic mass is 10.1. The largest absolute Gasteiger partial charge is 0.496 e. The number of aryl methyl sites for hydroxylation is 2. The number of rotatable bonds is 6. The molecule has 1 fully saturated rings. The highest BCUT2D eigenvalue weighted by Gasteiger charge is 2.23. The van der Waals surface area contributed by atoms with Gasteiger partial charge < -0.3 is 19.9 Å². The fourth-order valence-electron chi connectivity index (χ4n) is 3.87. The van der Waals surface area contributed by atoms with Crippen molar-refractivity contribution in [3.8, 4) is 5.75 Å². The molecule has 32 heavy (non-hydrogen) atoms. The van der Waals surface area contributed by atoms with Crippen LogP contribution in [0.3, 0.4) is 0 Å². The second-order valence-electron chi connectivity index (χ2n) is 8.01. The Hall–Kier alpha value is -3.61. The molecule has 0 bridgehead atoms. The number of methoxy groups -OCH3 is 1. The van der Waals surface area contributed by atoms with E-state index in [1.165, 1.54) is 5.56 Å². The number of hydrogen-bond donors (Lipinski definition) is 1. The van der Waals surface area contributed by atoms with Gasteiger partial charge in [0.25, 0.3) is 0 Å². The van der Waals surface area contributed by atoms with Gasteiger partial charge in [0, 0.05) is 43.5 Å². The molecule has 166 valence electrons. The first-order chi connectivity index (χ1) is 15.5. The third-order valence-corrected chi connectivity index (χ3v) is 5.64. The lowest BCUT2D eigenvalue weighted by Gasteiger charge is -2.35. The van der Waals surface area contributed by atoms with E-state index < -0.39 is 0 Å². The van der Waals surface area contributed by atoms with E-state index in [1.54, 1.807) is 7.11 Å². The average molecular weight is 432 g/mol. The molecule has 1 aliphatic heterocycles. The Bertz CT molecular complexity index is 1080. The van der Waals surface area contributed by atoms with E-state index >= 15 is 0 Å². The van der Waals surface area contributed by atoms with Crippen molar-refractivity contribution < 1.29 is 9.53 Å². The third kappa shape index (κ3) is 5.17. The minimum absolute atomic E-state index is 0.120. The number of ether oxygens (including phenoxy) is 1. The lowest BCUT2D eigenvalue weighted by Crippen LogP contribution is -2.49. The van der Waals surface area contributed by atoms with Gasteiger partial charge in [0.1, 0.15) is 23.2 Å². The van der Waals surface area contributed by atoms with Crippen LogP contribution in [0.2, 0.25) is 0 Å². The maximum absolute atomic E-state index is 12.8. The SMILES string of the molecule is COc1ccccc1CC(=O)N1CCN(c2cc(Nc3ccc(C)cc3)nc(C)n2)CC1. The molecule has 7 heteroatoms. The zero-order chi connectivity index (χ0) is 22.5. The smallest absolute Gasteiger partial charge is 0.227 e. The molecule has 2 heterocycles. The second kappa shape index (κ2) is 9.68. The Kier molecular flexibility index (Phi) is 6.54. The van der Waals surface area contributed by atoms with Crippen molar-refractivity contribution in [2.75, 3.05) is 43.5 Å². The molecule has 1 N–H and O–H groups in total. The molecule has 0 aliphatic carbocycles. The van der Waals surface area contributed by atoms with Crippen LogP contribution < -0.4 is 15.0 Å². The summed E-state index contributed by atoms with van der Waals surface area (Å²) in [6.45, 7) is 6.76. The molecule has 0 spiro atoms. The minimum Gasteiger partial charge on any atom is -0.496 e. The van der Waals surface area contributed by atoms with Gasteiger partial charge in [0.2, 0.25) is 5.91 Å². The van der Waals surface area contributed by atoms with Crippen molar-refractivity contribution in [1.29, 1.82) is 0 Å². The van der Waals surface area contributed by atoms with Crippen LogP contribution >= 0.6 is 0 Å². The molecule has 1 amide bonds. The number of piperazine rings is 1. The van der Waals surface area contributed by atoms with Gasteiger partial charge >= 0.3 is 0 Å². The van der Waals surface area contributed by atoms with E-state index in [0.29, 0.717) is 25.3 Å². The number of hydrogen-bond acceptors (Lipinski definition) is 6. The van der Waals surface area contributed by atoms with Gasteiger partial charge in [-0.1, -0.05) is 35.9 Å². The number of nitrogens with one attached hydrogen (secondary N) is 1. The zero-order valence-electron chi connectivity index (χ0n) is 18.8. The summed E-state index contributed by atoms with van der Waals surface area (Å²) in [5.74, 6) is 3.24. The lowest BCUT2D eigenvalue weighted by molar-refractivity contribution is -0.130. The summed E-state index contributed by atoms with van der Waals surface area (Å²) in [6.07, 6.45) is 0.348. The molecule has 3 aromatic rings. The van der Waals surface area contributed by atoms with E-state index in [9.17, 15) is 4.79 Å². The topological polar surface area (TPSA) is 70.6 Å². The number of aromatic nitrogens is 2. The Morgan fingerprint density at radius 3 is 2.44 bits per heavy atom. The van der Waals surface area contributed by atoms with Crippen LogP contribution in [0.15, 0.2) is 54.6 Å². The van der Waals surface area contributed by atoms with E-state index in [0.717, 1.165) is 41.7 Å². The van der Waals surface area contributed by atoms with Gasteiger partial charge in [0.05, 0.1) is 13.5 Å². The molecule has 0 atom stereocenters. The quantitative estimate of drug-likeness (QED) is 0.641. The first kappa shape index (κ1) is 21.6. The summed E-state index contributed by atoms with van der Waals surface area (Å²) in [6, 6.07) is 17.9. The van der Waals surface area contributed by atoms with Crippen molar-refractivity contribution in [2.45, 2.75) is 20.3 Å². The molecule has 1 saturated heterocycles. The summed E-state index contributed by atoms with van der Waals surface area (Å²) in [7, 11) is 1.63. The second-order valence-corrected chi connectivity index (χ2v) is 8.01. The summed E-state index contributed by atoms with van der Waals surface area (Å²) in [5, 5.41) is 3.36. The fourth-order valence-corrected chi connectivity index (χ4v) is 3.87. The van der Waals surface area contributed by atoms with Gasteiger partial charge in [-0.3, -0.25) is 4.79 Å². The number of carbonyl (C=O) groups excluding carboxylic acids is 1. The van der Waals surface area contributed by atoms with Gasteiger partial charge in [-0.2, -0.15) is 0 Å². The number of anilines is 3. The summed E-state index contributed by atoms with van der Waals surface area (Å²) in [5.41, 5.74) is 3.13. The monoisotopic (exact) mass is 431 g/mol. The molecule has 2 aromatic carbocycles. The summed E-state index contributed by atoms with van der Waals surface area (Å²) < 4.78 is 5.38. The normalized spacial score (nSPS) is 13.7. The fraction of sp³-hybridized carbons (Fsp3) is 0.320. The maximum atomic E-state index is 12.8. The number of para-hydroxylation sites is 1. The van der Waals surface area contributed by atoms with Crippen molar-refractivity contribution in [3.63, 3.8) is 0 Å². The molecule has 0 saturated carbocycles. The van der Waals surface area contributed by atoms with Gasteiger partial charge in [-0.05, 0) is 32.0 Å². The Morgan fingerprint density at radius 1 is 1.00 bits per heavy atom. The van der Waals surface area contributed by atoms with Crippen LogP contribution in [-0.4, -0.2) is 54.1 Å². The molecule has 4 rings (SSSR count).